The van der Waals surface area contributed by atoms with Crippen LogP contribution in [-0.4, -0.2) is 14.9 Å². The molecule has 1 aromatic heterocycles. The predicted octanol–water partition coefficient (Wildman–Crippen LogP) is 4.79. The molecule has 7 heteroatoms. The van der Waals surface area contributed by atoms with E-state index in [-0.39, 0.29) is 11.2 Å². The molecule has 0 aliphatic rings. The van der Waals surface area contributed by atoms with Gasteiger partial charge in [-0.3, -0.25) is 14.9 Å². The highest BCUT2D eigenvalue weighted by Crippen LogP contribution is 2.34. The molecule has 1 heterocycles. The van der Waals surface area contributed by atoms with Crippen LogP contribution in [0.25, 0.3) is 22.3 Å². The number of hydrogen-bond acceptors (Lipinski definition) is 5. The van der Waals surface area contributed by atoms with E-state index in [1.807, 2.05) is 30.3 Å². The van der Waals surface area contributed by atoms with Crippen LogP contribution in [0.15, 0.2) is 82.5 Å². The minimum Gasteiger partial charge on any atom is -0.306 e. The van der Waals surface area contributed by atoms with Gasteiger partial charge in [0.1, 0.15) is 5.82 Å². The van der Waals surface area contributed by atoms with E-state index < -0.39 is 4.92 Å². The van der Waals surface area contributed by atoms with Crippen LogP contribution < -0.4 is 5.56 Å². The van der Waals surface area contributed by atoms with Gasteiger partial charge in [-0.25, -0.2) is 4.98 Å². The Balaban J connectivity index is 1.80. The Morgan fingerprint density at radius 3 is 2.54 bits per heavy atom. The SMILES string of the molecule is O=c1[nH]c(-c2cc([N+](=O)[O-])ccc2SCc2ccccc2)nc2ccccc12. The van der Waals surface area contributed by atoms with Crippen molar-refractivity contribution in [2.24, 2.45) is 0 Å². The van der Waals surface area contributed by atoms with Gasteiger partial charge in [0.05, 0.1) is 15.8 Å². The van der Waals surface area contributed by atoms with E-state index >= 15 is 0 Å². The van der Waals surface area contributed by atoms with Gasteiger partial charge in [0.15, 0.2) is 0 Å². The quantitative estimate of drug-likeness (QED) is 0.301. The number of para-hydroxylation sites is 1. The van der Waals surface area contributed by atoms with Crippen LogP contribution in [0.1, 0.15) is 5.56 Å². The molecular weight excluding hydrogens is 374 g/mol. The molecule has 0 spiro atoms. The summed E-state index contributed by atoms with van der Waals surface area (Å²) >= 11 is 1.54. The van der Waals surface area contributed by atoms with Crippen LogP contribution in [0, 0.1) is 10.1 Å². The molecule has 0 aliphatic heterocycles. The monoisotopic (exact) mass is 389 g/mol. The van der Waals surface area contributed by atoms with Gasteiger partial charge in [-0.05, 0) is 23.8 Å². The minimum atomic E-state index is -0.450. The molecule has 0 unspecified atom stereocenters. The Morgan fingerprint density at radius 2 is 1.75 bits per heavy atom. The first-order valence-corrected chi connectivity index (χ1v) is 9.55. The maximum atomic E-state index is 12.4. The van der Waals surface area contributed by atoms with Crippen LogP contribution >= 0.6 is 11.8 Å². The Bertz CT molecular complexity index is 1220. The van der Waals surface area contributed by atoms with Crippen molar-refractivity contribution in [3.63, 3.8) is 0 Å². The molecule has 0 radical (unpaired) electrons. The van der Waals surface area contributed by atoms with Crippen LogP contribution in [-0.2, 0) is 5.75 Å². The number of nitrogens with one attached hydrogen (secondary N) is 1. The summed E-state index contributed by atoms with van der Waals surface area (Å²) in [6.45, 7) is 0. The van der Waals surface area contributed by atoms with Gasteiger partial charge in [-0.2, -0.15) is 0 Å². The Morgan fingerprint density at radius 1 is 1.00 bits per heavy atom. The van der Waals surface area contributed by atoms with Crippen molar-refractivity contribution in [3.8, 4) is 11.4 Å². The normalized spacial score (nSPS) is 10.9. The predicted molar refractivity (Wildman–Crippen MR) is 110 cm³/mol. The highest BCUT2D eigenvalue weighted by Gasteiger charge is 2.16. The number of non-ortho nitro benzene ring substituents is 1. The van der Waals surface area contributed by atoms with Gasteiger partial charge in [0.2, 0.25) is 0 Å². The standard InChI is InChI=1S/C21H15N3O3S/c25-21-16-8-4-5-9-18(16)22-20(23-21)17-12-15(24(26)27)10-11-19(17)28-13-14-6-2-1-3-7-14/h1-12H,13H2,(H,22,23,25). The van der Waals surface area contributed by atoms with Crippen molar-refractivity contribution in [3.05, 3.63) is 98.8 Å². The summed E-state index contributed by atoms with van der Waals surface area (Å²) in [6, 6.07) is 21.6. The smallest absolute Gasteiger partial charge is 0.270 e. The van der Waals surface area contributed by atoms with Crippen molar-refractivity contribution < 1.29 is 4.92 Å². The summed E-state index contributed by atoms with van der Waals surface area (Å²) in [5.41, 5.74) is 1.91. The topological polar surface area (TPSA) is 88.9 Å². The maximum Gasteiger partial charge on any atom is 0.270 e. The number of rotatable bonds is 5. The molecule has 4 aromatic rings. The van der Waals surface area contributed by atoms with E-state index in [0.717, 1.165) is 10.5 Å². The third-order valence-corrected chi connectivity index (χ3v) is 5.42. The van der Waals surface area contributed by atoms with Gasteiger partial charge in [0.25, 0.3) is 11.2 Å². The summed E-state index contributed by atoms with van der Waals surface area (Å²) in [4.78, 5) is 31.4. The first kappa shape index (κ1) is 17.9. The van der Waals surface area contributed by atoms with Gasteiger partial charge in [0, 0.05) is 28.3 Å². The average molecular weight is 389 g/mol. The molecule has 6 nitrogen and oxygen atoms in total. The van der Waals surface area contributed by atoms with Gasteiger partial charge in [-0.1, -0.05) is 42.5 Å². The van der Waals surface area contributed by atoms with Crippen molar-refractivity contribution in [1.29, 1.82) is 0 Å². The number of nitrogens with zero attached hydrogens (tertiary/aromatic N) is 2. The maximum absolute atomic E-state index is 12.4. The number of aromatic nitrogens is 2. The number of nitro groups is 1. The zero-order valence-corrected chi connectivity index (χ0v) is 15.5. The number of thioether (sulfide) groups is 1. The summed E-state index contributed by atoms with van der Waals surface area (Å²) < 4.78 is 0. The molecule has 0 atom stereocenters. The van der Waals surface area contributed by atoms with Gasteiger partial charge in [-0.15, -0.1) is 11.8 Å². The number of aromatic amines is 1. The average Bonchev–Trinajstić information content (AvgIpc) is 2.73. The number of hydrogen-bond donors (Lipinski definition) is 1. The Labute approximate surface area is 164 Å². The summed E-state index contributed by atoms with van der Waals surface area (Å²) in [6.07, 6.45) is 0. The largest absolute Gasteiger partial charge is 0.306 e. The second kappa shape index (κ2) is 7.66. The third kappa shape index (κ3) is 3.65. The lowest BCUT2D eigenvalue weighted by molar-refractivity contribution is -0.384. The van der Waals surface area contributed by atoms with E-state index in [1.165, 1.54) is 12.1 Å². The first-order valence-electron chi connectivity index (χ1n) is 8.56. The van der Waals surface area contributed by atoms with E-state index in [0.29, 0.717) is 28.0 Å². The lowest BCUT2D eigenvalue weighted by Gasteiger charge is -2.10. The molecule has 0 fully saturated rings. The van der Waals surface area contributed by atoms with E-state index in [1.54, 1.807) is 42.1 Å². The molecule has 0 saturated carbocycles. The van der Waals surface area contributed by atoms with Crippen LogP contribution in [0.3, 0.4) is 0 Å². The molecule has 0 amide bonds. The van der Waals surface area contributed by atoms with E-state index in [9.17, 15) is 14.9 Å². The fraction of sp³-hybridized carbons (Fsp3) is 0.0476. The fourth-order valence-corrected chi connectivity index (χ4v) is 3.88. The number of benzene rings is 3. The van der Waals surface area contributed by atoms with Gasteiger partial charge < -0.3 is 4.98 Å². The van der Waals surface area contributed by atoms with Crippen LogP contribution in [0.4, 0.5) is 5.69 Å². The third-order valence-electron chi connectivity index (χ3n) is 4.28. The molecule has 0 saturated heterocycles. The van der Waals surface area contributed by atoms with Crippen molar-refractivity contribution in [2.75, 3.05) is 0 Å². The van der Waals surface area contributed by atoms with Crippen molar-refractivity contribution in [1.82, 2.24) is 9.97 Å². The van der Waals surface area contributed by atoms with E-state index in [4.69, 9.17) is 0 Å². The highest BCUT2D eigenvalue weighted by atomic mass is 32.2. The fourth-order valence-electron chi connectivity index (χ4n) is 2.89. The van der Waals surface area contributed by atoms with E-state index in [2.05, 4.69) is 9.97 Å². The molecular formula is C21H15N3O3S. The van der Waals surface area contributed by atoms with Gasteiger partial charge >= 0.3 is 0 Å². The second-order valence-electron chi connectivity index (χ2n) is 6.14. The molecule has 0 bridgehead atoms. The lowest BCUT2D eigenvalue weighted by Crippen LogP contribution is -2.09. The Hall–Kier alpha value is -3.45. The molecule has 0 aliphatic carbocycles. The lowest BCUT2D eigenvalue weighted by atomic mass is 10.1. The number of H-pyrrole nitrogens is 1. The molecule has 1 N–H and O–H groups in total. The van der Waals surface area contributed by atoms with Crippen LogP contribution in [0.2, 0.25) is 0 Å². The zero-order valence-electron chi connectivity index (χ0n) is 14.7. The number of fused-ring (bicyclic) bond motifs is 1. The summed E-state index contributed by atoms with van der Waals surface area (Å²) in [7, 11) is 0. The molecule has 28 heavy (non-hydrogen) atoms. The number of nitro benzene ring substituents is 1. The zero-order chi connectivity index (χ0) is 19.5. The Kier molecular flexibility index (Phi) is 4.90. The molecule has 3 aromatic carbocycles. The van der Waals surface area contributed by atoms with Crippen LogP contribution in [0.5, 0.6) is 0 Å². The minimum absolute atomic E-state index is 0.0464. The van der Waals surface area contributed by atoms with Crippen molar-refractivity contribution in [2.45, 2.75) is 10.6 Å². The van der Waals surface area contributed by atoms with Crippen molar-refractivity contribution >= 4 is 28.4 Å². The molecule has 138 valence electrons. The first-order chi connectivity index (χ1) is 13.6. The summed E-state index contributed by atoms with van der Waals surface area (Å²) in [5.74, 6) is 1.02. The molecule has 4 rings (SSSR count). The highest BCUT2D eigenvalue weighted by molar-refractivity contribution is 7.98. The second-order valence-corrected chi connectivity index (χ2v) is 7.16. The summed E-state index contributed by atoms with van der Waals surface area (Å²) in [5, 5.41) is 11.7.